The van der Waals surface area contributed by atoms with Gasteiger partial charge in [0, 0.05) is 10.2 Å². The summed E-state index contributed by atoms with van der Waals surface area (Å²) in [6.07, 6.45) is -0.399. The average molecular weight is 469 g/mol. The lowest BCUT2D eigenvalue weighted by molar-refractivity contribution is -0.145. The highest BCUT2D eigenvalue weighted by atomic mass is 79.9. The van der Waals surface area contributed by atoms with Gasteiger partial charge < -0.3 is 10.1 Å². The molecule has 0 saturated heterocycles. The van der Waals surface area contributed by atoms with Crippen molar-refractivity contribution in [1.29, 1.82) is 0 Å². The molecule has 3 aromatic rings. The molecule has 0 unspecified atom stereocenters. The number of carbonyl (C=O) groups excluding carboxylic acids is 1. The number of esters is 1. The zero-order chi connectivity index (χ0) is 21.1. The zero-order valence-corrected chi connectivity index (χ0v) is 18.1. The van der Waals surface area contributed by atoms with Crippen LogP contribution in [0.25, 0.3) is 0 Å². The Morgan fingerprint density at radius 2 is 1.83 bits per heavy atom. The number of carbonyl (C=O) groups is 1. The second kappa shape index (κ2) is 8.98. The molecule has 1 aliphatic heterocycles. The number of fused-ring (bicyclic) bond motifs is 1. The monoisotopic (exact) mass is 468 g/mol. The third-order valence-electron chi connectivity index (χ3n) is 5.16. The van der Waals surface area contributed by atoms with Gasteiger partial charge in [-0.25, -0.2) is 4.39 Å². The van der Waals surface area contributed by atoms with Gasteiger partial charge in [0.15, 0.2) is 0 Å². The molecule has 1 heterocycles. The minimum atomic E-state index is -0.399. The fourth-order valence-electron chi connectivity index (χ4n) is 3.95. The van der Waals surface area contributed by atoms with Crippen LogP contribution in [0.4, 0.5) is 10.1 Å². The third-order valence-corrected chi connectivity index (χ3v) is 5.65. The van der Waals surface area contributed by atoms with Crippen LogP contribution in [0.1, 0.15) is 35.8 Å². The minimum absolute atomic E-state index is 0.0630. The van der Waals surface area contributed by atoms with Gasteiger partial charge in [-0.3, -0.25) is 9.69 Å². The number of halogens is 2. The number of hydrogen-bond acceptors (Lipinski definition) is 4. The molecular formula is C24H22BrFN2O2. The highest BCUT2D eigenvalue weighted by molar-refractivity contribution is 9.10. The average Bonchev–Trinajstić information content (AvgIpc) is 2.74. The SMILES string of the molecule is CCOC(=O)CN1[C@H](c2ccccc2)c2cc(Br)ccc2N[C@@H]1c1cccc(F)c1. The van der Waals surface area contributed by atoms with Crippen LogP contribution in [0.2, 0.25) is 0 Å². The van der Waals surface area contributed by atoms with Crippen molar-refractivity contribution in [2.24, 2.45) is 0 Å². The summed E-state index contributed by atoms with van der Waals surface area (Å²) in [6.45, 7) is 2.16. The van der Waals surface area contributed by atoms with E-state index < -0.39 is 6.17 Å². The largest absolute Gasteiger partial charge is 0.465 e. The number of nitrogens with one attached hydrogen (secondary N) is 1. The first kappa shape index (κ1) is 20.6. The topological polar surface area (TPSA) is 41.6 Å². The first-order valence-corrected chi connectivity index (χ1v) is 10.6. The van der Waals surface area contributed by atoms with Gasteiger partial charge in [0.25, 0.3) is 0 Å². The van der Waals surface area contributed by atoms with Gasteiger partial charge >= 0.3 is 5.97 Å². The maximum Gasteiger partial charge on any atom is 0.320 e. The van der Waals surface area contributed by atoms with Crippen molar-refractivity contribution in [3.8, 4) is 0 Å². The Labute approximate surface area is 183 Å². The summed E-state index contributed by atoms with van der Waals surface area (Å²) in [4.78, 5) is 14.6. The molecule has 30 heavy (non-hydrogen) atoms. The smallest absolute Gasteiger partial charge is 0.320 e. The lowest BCUT2D eigenvalue weighted by atomic mass is 9.91. The molecule has 2 atom stereocenters. The van der Waals surface area contributed by atoms with Gasteiger partial charge in [0.1, 0.15) is 12.0 Å². The molecule has 3 aromatic carbocycles. The van der Waals surface area contributed by atoms with Gasteiger partial charge in [-0.05, 0) is 53.9 Å². The maximum absolute atomic E-state index is 14.1. The number of benzene rings is 3. The zero-order valence-electron chi connectivity index (χ0n) is 16.5. The van der Waals surface area contributed by atoms with Crippen LogP contribution in [-0.4, -0.2) is 24.0 Å². The molecule has 0 radical (unpaired) electrons. The van der Waals surface area contributed by atoms with Crippen molar-refractivity contribution < 1.29 is 13.9 Å². The van der Waals surface area contributed by atoms with Gasteiger partial charge in [0.05, 0.1) is 19.2 Å². The van der Waals surface area contributed by atoms with Crippen LogP contribution in [-0.2, 0) is 9.53 Å². The molecule has 0 saturated carbocycles. The van der Waals surface area contributed by atoms with Crippen molar-refractivity contribution >= 4 is 27.6 Å². The Hall–Kier alpha value is -2.70. The highest BCUT2D eigenvalue weighted by Gasteiger charge is 2.37. The highest BCUT2D eigenvalue weighted by Crippen LogP contribution is 2.44. The summed E-state index contributed by atoms with van der Waals surface area (Å²) in [6, 6.07) is 22.3. The molecular weight excluding hydrogens is 447 g/mol. The normalized spacial score (nSPS) is 18.4. The Morgan fingerprint density at radius 3 is 2.57 bits per heavy atom. The van der Waals surface area contributed by atoms with Gasteiger partial charge in [-0.1, -0.05) is 58.4 Å². The summed E-state index contributed by atoms with van der Waals surface area (Å²) in [5, 5.41) is 3.50. The summed E-state index contributed by atoms with van der Waals surface area (Å²) in [5.74, 6) is -0.636. The Morgan fingerprint density at radius 1 is 1.07 bits per heavy atom. The Kier molecular flexibility index (Phi) is 6.16. The van der Waals surface area contributed by atoms with Crippen molar-refractivity contribution in [1.82, 2.24) is 4.90 Å². The van der Waals surface area contributed by atoms with Gasteiger partial charge in [-0.15, -0.1) is 0 Å². The summed E-state index contributed by atoms with van der Waals surface area (Å²) in [7, 11) is 0. The number of hydrogen-bond donors (Lipinski definition) is 1. The van der Waals surface area contributed by atoms with Crippen molar-refractivity contribution in [2.45, 2.75) is 19.1 Å². The Bertz CT molecular complexity index is 1040. The molecule has 0 bridgehead atoms. The predicted molar refractivity (Wildman–Crippen MR) is 119 cm³/mol. The minimum Gasteiger partial charge on any atom is -0.465 e. The summed E-state index contributed by atoms with van der Waals surface area (Å²) >= 11 is 3.57. The fraction of sp³-hybridized carbons (Fsp3) is 0.208. The van der Waals surface area contributed by atoms with Gasteiger partial charge in [0.2, 0.25) is 0 Å². The van der Waals surface area contributed by atoms with E-state index in [4.69, 9.17) is 4.74 Å². The van der Waals surface area contributed by atoms with E-state index in [-0.39, 0.29) is 24.4 Å². The molecule has 4 rings (SSSR count). The number of anilines is 1. The molecule has 0 spiro atoms. The Balaban J connectivity index is 1.87. The quantitative estimate of drug-likeness (QED) is 0.490. The second-order valence-corrected chi connectivity index (χ2v) is 8.04. The molecule has 154 valence electrons. The van der Waals surface area contributed by atoms with Crippen LogP contribution in [0, 0.1) is 5.82 Å². The van der Waals surface area contributed by atoms with E-state index in [1.165, 1.54) is 12.1 Å². The van der Waals surface area contributed by atoms with E-state index >= 15 is 0 Å². The number of nitrogens with zero attached hydrogens (tertiary/aromatic N) is 1. The fourth-order valence-corrected chi connectivity index (χ4v) is 4.32. The van der Waals surface area contributed by atoms with Crippen LogP contribution < -0.4 is 5.32 Å². The molecule has 0 aliphatic carbocycles. The van der Waals surface area contributed by atoms with E-state index in [0.29, 0.717) is 6.61 Å². The van der Waals surface area contributed by atoms with Crippen molar-refractivity contribution in [3.63, 3.8) is 0 Å². The van der Waals surface area contributed by atoms with E-state index in [1.807, 2.05) is 53.4 Å². The van der Waals surface area contributed by atoms with Crippen LogP contribution in [0.15, 0.2) is 77.3 Å². The van der Waals surface area contributed by atoms with E-state index in [1.54, 1.807) is 13.0 Å². The second-order valence-electron chi connectivity index (χ2n) is 7.12. The van der Waals surface area contributed by atoms with Crippen LogP contribution >= 0.6 is 15.9 Å². The molecule has 0 amide bonds. The van der Waals surface area contributed by atoms with Crippen LogP contribution in [0.3, 0.4) is 0 Å². The van der Waals surface area contributed by atoms with Crippen LogP contribution in [0.5, 0.6) is 0 Å². The van der Waals surface area contributed by atoms with E-state index in [0.717, 1.165) is 26.9 Å². The molecule has 1 aliphatic rings. The molecule has 6 heteroatoms. The standard InChI is InChI=1S/C24H22BrFN2O2/c1-2-30-22(29)15-28-23(16-7-4-3-5-8-16)20-14-18(25)11-12-21(20)27-24(28)17-9-6-10-19(26)13-17/h3-14,23-24,27H,2,15H2,1H3/t23-,24+/m1/s1. The molecule has 4 nitrogen and oxygen atoms in total. The molecule has 0 aromatic heterocycles. The van der Waals surface area contributed by atoms with E-state index in [9.17, 15) is 9.18 Å². The first-order chi connectivity index (χ1) is 14.6. The first-order valence-electron chi connectivity index (χ1n) is 9.84. The summed E-state index contributed by atoms with van der Waals surface area (Å²) in [5.41, 5.74) is 3.77. The summed E-state index contributed by atoms with van der Waals surface area (Å²) < 4.78 is 20.3. The molecule has 0 fully saturated rings. The molecule has 1 N–H and O–H groups in total. The lowest BCUT2D eigenvalue weighted by Crippen LogP contribution is -2.44. The maximum atomic E-state index is 14.1. The number of ether oxygens (including phenoxy) is 1. The number of rotatable bonds is 5. The third kappa shape index (κ3) is 4.25. The van der Waals surface area contributed by atoms with E-state index in [2.05, 4.69) is 27.3 Å². The van der Waals surface area contributed by atoms with Gasteiger partial charge in [-0.2, -0.15) is 0 Å². The van der Waals surface area contributed by atoms with Crippen molar-refractivity contribution in [2.75, 3.05) is 18.5 Å². The lowest BCUT2D eigenvalue weighted by Gasteiger charge is -2.44. The predicted octanol–water partition coefficient (Wildman–Crippen LogP) is 5.67. The van der Waals surface area contributed by atoms with Crippen molar-refractivity contribution in [3.05, 3.63) is 99.8 Å².